The first-order valence-electron chi connectivity index (χ1n) is 4.61. The van der Waals surface area contributed by atoms with Crippen molar-refractivity contribution in [3.8, 4) is 10.6 Å². The van der Waals surface area contributed by atoms with E-state index in [1.54, 1.807) is 19.3 Å². The number of nitrogen functional groups attached to an aromatic ring is 1. The number of aromatic nitrogens is 2. The number of aryl methyl sites for hydroxylation is 1. The summed E-state index contributed by atoms with van der Waals surface area (Å²) >= 11 is 1.30. The SMILES string of the molecule is Cc1nc(-c2cccnc2)sc1C(=O)NN. The lowest BCUT2D eigenvalue weighted by molar-refractivity contribution is 0.0957. The number of nitrogens with two attached hydrogens (primary N) is 1. The van der Waals surface area contributed by atoms with Gasteiger partial charge in [-0.25, -0.2) is 10.8 Å². The quantitative estimate of drug-likeness (QED) is 0.463. The third-order valence-corrected chi connectivity index (χ3v) is 3.25. The van der Waals surface area contributed by atoms with Gasteiger partial charge in [0.25, 0.3) is 5.91 Å². The molecule has 0 spiro atoms. The van der Waals surface area contributed by atoms with Crippen LogP contribution in [0.4, 0.5) is 0 Å². The standard InChI is InChI=1S/C10H10N4OS/c1-6-8(9(15)14-11)16-10(13-6)7-3-2-4-12-5-7/h2-5H,11H2,1H3,(H,14,15). The summed E-state index contributed by atoms with van der Waals surface area (Å²) in [6.45, 7) is 1.78. The normalized spacial score (nSPS) is 10.1. The number of hydrogen-bond acceptors (Lipinski definition) is 5. The Hall–Kier alpha value is -1.79. The molecule has 0 unspecified atom stereocenters. The van der Waals surface area contributed by atoms with E-state index in [0.717, 1.165) is 10.6 Å². The predicted molar refractivity (Wildman–Crippen MR) is 61.7 cm³/mol. The highest BCUT2D eigenvalue weighted by atomic mass is 32.1. The van der Waals surface area contributed by atoms with Gasteiger partial charge < -0.3 is 0 Å². The average molecular weight is 234 g/mol. The molecule has 1 amide bonds. The van der Waals surface area contributed by atoms with Crippen LogP contribution in [0.5, 0.6) is 0 Å². The lowest BCUT2D eigenvalue weighted by Crippen LogP contribution is -2.29. The Morgan fingerprint density at radius 3 is 3.00 bits per heavy atom. The van der Waals surface area contributed by atoms with E-state index < -0.39 is 0 Å². The summed E-state index contributed by atoms with van der Waals surface area (Å²) in [7, 11) is 0. The van der Waals surface area contributed by atoms with E-state index in [1.165, 1.54) is 11.3 Å². The minimum atomic E-state index is -0.315. The molecule has 6 heteroatoms. The Labute approximate surface area is 96.3 Å². The molecule has 82 valence electrons. The maximum absolute atomic E-state index is 11.4. The number of nitrogens with zero attached hydrogens (tertiary/aromatic N) is 2. The second kappa shape index (κ2) is 4.38. The lowest BCUT2D eigenvalue weighted by Gasteiger charge is -1.94. The van der Waals surface area contributed by atoms with Gasteiger partial charge in [0.05, 0.1) is 5.69 Å². The topological polar surface area (TPSA) is 80.9 Å². The van der Waals surface area contributed by atoms with Gasteiger partial charge in [0, 0.05) is 18.0 Å². The summed E-state index contributed by atoms with van der Waals surface area (Å²) in [4.78, 5) is 20.2. The summed E-state index contributed by atoms with van der Waals surface area (Å²) < 4.78 is 0. The van der Waals surface area contributed by atoms with Gasteiger partial charge in [0.2, 0.25) is 0 Å². The Morgan fingerprint density at radius 2 is 2.38 bits per heavy atom. The second-order valence-electron chi connectivity index (χ2n) is 3.15. The molecule has 0 aliphatic heterocycles. The van der Waals surface area contributed by atoms with Gasteiger partial charge in [-0.3, -0.25) is 15.2 Å². The first kappa shape index (κ1) is 10.7. The Balaban J connectivity index is 2.42. The minimum Gasteiger partial charge on any atom is -0.289 e. The molecule has 0 aliphatic carbocycles. The van der Waals surface area contributed by atoms with Crippen LogP contribution < -0.4 is 11.3 Å². The molecule has 0 saturated heterocycles. The van der Waals surface area contributed by atoms with Crippen LogP contribution in [0, 0.1) is 6.92 Å². The van der Waals surface area contributed by atoms with Crippen LogP contribution in [-0.2, 0) is 0 Å². The third-order valence-electron chi connectivity index (χ3n) is 2.04. The monoisotopic (exact) mass is 234 g/mol. The van der Waals surface area contributed by atoms with Crippen LogP contribution in [0.1, 0.15) is 15.4 Å². The zero-order valence-corrected chi connectivity index (χ0v) is 9.41. The Morgan fingerprint density at radius 1 is 1.56 bits per heavy atom. The molecule has 5 nitrogen and oxygen atoms in total. The fourth-order valence-electron chi connectivity index (χ4n) is 1.29. The fraction of sp³-hybridized carbons (Fsp3) is 0.100. The van der Waals surface area contributed by atoms with Crippen LogP contribution >= 0.6 is 11.3 Å². The van der Waals surface area contributed by atoms with Gasteiger partial charge in [-0.15, -0.1) is 11.3 Å². The molecule has 2 aromatic heterocycles. The number of hydrazine groups is 1. The molecule has 0 bridgehead atoms. The largest absolute Gasteiger partial charge is 0.289 e. The zero-order chi connectivity index (χ0) is 11.5. The Kier molecular flexibility index (Phi) is 2.93. The number of amides is 1. The summed E-state index contributed by atoms with van der Waals surface area (Å²) in [5.41, 5.74) is 3.67. The van der Waals surface area contributed by atoms with Crippen molar-refractivity contribution in [2.75, 3.05) is 0 Å². The highest BCUT2D eigenvalue weighted by molar-refractivity contribution is 7.17. The summed E-state index contributed by atoms with van der Waals surface area (Å²) in [6.07, 6.45) is 3.40. The molecule has 0 atom stereocenters. The van der Waals surface area contributed by atoms with E-state index in [4.69, 9.17) is 5.84 Å². The number of thiazole rings is 1. The van der Waals surface area contributed by atoms with Crippen molar-refractivity contribution in [1.29, 1.82) is 0 Å². The molecule has 0 aromatic carbocycles. The zero-order valence-electron chi connectivity index (χ0n) is 8.60. The third kappa shape index (κ3) is 1.93. The summed E-state index contributed by atoms with van der Waals surface area (Å²) in [6, 6.07) is 3.73. The minimum absolute atomic E-state index is 0.315. The van der Waals surface area contributed by atoms with E-state index in [2.05, 4.69) is 15.4 Å². The Bertz CT molecular complexity index is 509. The molecular formula is C10H10N4OS. The summed E-state index contributed by atoms with van der Waals surface area (Å²) in [5, 5.41) is 0.768. The first-order valence-corrected chi connectivity index (χ1v) is 5.43. The first-order chi connectivity index (χ1) is 7.72. The van der Waals surface area contributed by atoms with Crippen molar-refractivity contribution in [1.82, 2.24) is 15.4 Å². The van der Waals surface area contributed by atoms with E-state index in [1.807, 2.05) is 12.1 Å². The molecule has 3 N–H and O–H groups in total. The van der Waals surface area contributed by atoms with E-state index in [9.17, 15) is 4.79 Å². The number of rotatable bonds is 2. The lowest BCUT2D eigenvalue weighted by atomic mass is 10.3. The molecule has 2 heterocycles. The molecule has 0 radical (unpaired) electrons. The molecule has 0 saturated carbocycles. The van der Waals surface area contributed by atoms with Gasteiger partial charge >= 0.3 is 0 Å². The van der Waals surface area contributed by atoms with Crippen molar-refractivity contribution in [3.63, 3.8) is 0 Å². The van der Waals surface area contributed by atoms with Crippen LogP contribution in [0.15, 0.2) is 24.5 Å². The fourth-order valence-corrected chi connectivity index (χ4v) is 2.24. The number of carbonyl (C=O) groups excluding carboxylic acids is 1. The van der Waals surface area contributed by atoms with Crippen molar-refractivity contribution in [2.45, 2.75) is 6.92 Å². The highest BCUT2D eigenvalue weighted by Gasteiger charge is 2.14. The number of nitrogens with one attached hydrogen (secondary N) is 1. The molecule has 16 heavy (non-hydrogen) atoms. The molecule has 0 aliphatic rings. The van der Waals surface area contributed by atoms with Crippen molar-refractivity contribution < 1.29 is 4.79 Å². The number of hydrogen-bond donors (Lipinski definition) is 2. The van der Waals surface area contributed by atoms with Gasteiger partial charge in [-0.05, 0) is 19.1 Å². The van der Waals surface area contributed by atoms with Gasteiger partial charge in [-0.2, -0.15) is 0 Å². The van der Waals surface area contributed by atoms with Crippen LogP contribution in [-0.4, -0.2) is 15.9 Å². The number of pyridine rings is 1. The van der Waals surface area contributed by atoms with E-state index in [-0.39, 0.29) is 5.91 Å². The maximum atomic E-state index is 11.4. The second-order valence-corrected chi connectivity index (χ2v) is 4.15. The van der Waals surface area contributed by atoms with Crippen molar-refractivity contribution >= 4 is 17.2 Å². The van der Waals surface area contributed by atoms with Gasteiger partial charge in [0.15, 0.2) is 0 Å². The smallest absolute Gasteiger partial charge is 0.277 e. The summed E-state index contributed by atoms with van der Waals surface area (Å²) in [5.74, 6) is 4.77. The molecule has 2 aromatic rings. The van der Waals surface area contributed by atoms with Crippen LogP contribution in [0.25, 0.3) is 10.6 Å². The highest BCUT2D eigenvalue weighted by Crippen LogP contribution is 2.26. The van der Waals surface area contributed by atoms with E-state index >= 15 is 0 Å². The predicted octanol–water partition coefficient (Wildman–Crippen LogP) is 1.12. The maximum Gasteiger partial charge on any atom is 0.277 e. The van der Waals surface area contributed by atoms with Crippen LogP contribution in [0.3, 0.4) is 0 Å². The molecule has 2 rings (SSSR count). The van der Waals surface area contributed by atoms with Crippen molar-refractivity contribution in [3.05, 3.63) is 35.1 Å². The van der Waals surface area contributed by atoms with Crippen molar-refractivity contribution in [2.24, 2.45) is 5.84 Å². The van der Waals surface area contributed by atoms with Gasteiger partial charge in [-0.1, -0.05) is 0 Å². The average Bonchev–Trinajstić information content (AvgIpc) is 2.71. The van der Waals surface area contributed by atoms with Crippen LogP contribution in [0.2, 0.25) is 0 Å². The van der Waals surface area contributed by atoms with Gasteiger partial charge in [0.1, 0.15) is 9.88 Å². The molecule has 0 fully saturated rings. The van der Waals surface area contributed by atoms with E-state index in [0.29, 0.717) is 10.6 Å². The molecular weight excluding hydrogens is 224 g/mol. The number of carbonyl (C=O) groups is 1.